The smallest absolute Gasteiger partial charge is 0.169 e. The van der Waals surface area contributed by atoms with Gasteiger partial charge in [0.05, 0.1) is 0 Å². The number of carbonyl (C=O) groups excluding carboxylic acids is 1. The van der Waals surface area contributed by atoms with Crippen molar-refractivity contribution in [3.63, 3.8) is 0 Å². The molecule has 0 spiro atoms. The van der Waals surface area contributed by atoms with Gasteiger partial charge in [0, 0.05) is 18.2 Å². The predicted octanol–water partition coefficient (Wildman–Crippen LogP) is 2.23. The first-order valence-corrected chi connectivity index (χ1v) is 6.70. The van der Waals surface area contributed by atoms with E-state index in [1.807, 2.05) is 0 Å². The number of benzene rings is 1. The molecular formula is C15H22ClNO3. The second-order valence-electron chi connectivity index (χ2n) is 5.19. The molecule has 1 aliphatic rings. The van der Waals surface area contributed by atoms with Crippen LogP contribution in [0.1, 0.15) is 41.6 Å². The lowest BCUT2D eigenvalue weighted by molar-refractivity contribution is -0.126. The molecule has 4 nitrogen and oxygen atoms in total. The Hall–Kier alpha value is -0.940. The predicted molar refractivity (Wildman–Crippen MR) is 79.9 cm³/mol. The number of carbonyl (C=O) groups is 1. The highest BCUT2D eigenvalue weighted by molar-refractivity contribution is 5.85. The molecule has 20 heavy (non-hydrogen) atoms. The molecule has 1 aromatic carbocycles. The Morgan fingerprint density at radius 1 is 1.40 bits per heavy atom. The number of hydrogen-bond donors (Lipinski definition) is 2. The largest absolute Gasteiger partial charge is 0.388 e. The van der Waals surface area contributed by atoms with Crippen LogP contribution >= 0.6 is 12.4 Å². The molecule has 2 rings (SSSR count). The molecule has 0 heterocycles. The van der Waals surface area contributed by atoms with E-state index in [4.69, 9.17) is 10.5 Å². The van der Waals surface area contributed by atoms with Crippen molar-refractivity contribution < 1.29 is 14.6 Å². The summed E-state index contributed by atoms with van der Waals surface area (Å²) in [7, 11) is 1.47. The monoisotopic (exact) mass is 299 g/mol. The van der Waals surface area contributed by atoms with Gasteiger partial charge < -0.3 is 9.84 Å². The normalized spacial score (nSPS) is 19.9. The van der Waals surface area contributed by atoms with E-state index < -0.39 is 11.8 Å². The van der Waals surface area contributed by atoms with Gasteiger partial charge in [-0.2, -0.15) is 0 Å². The Morgan fingerprint density at radius 3 is 2.55 bits per heavy atom. The maximum absolute atomic E-state index is 11.1. The first-order valence-electron chi connectivity index (χ1n) is 6.70. The molecule has 0 radical (unpaired) electrons. The summed E-state index contributed by atoms with van der Waals surface area (Å²) in [6.45, 7) is 0. The third kappa shape index (κ3) is 3.04. The molecule has 1 aromatic rings. The topological polar surface area (TPSA) is 72.5 Å². The van der Waals surface area contributed by atoms with Crippen LogP contribution in [0.2, 0.25) is 0 Å². The van der Waals surface area contributed by atoms with E-state index in [0.717, 1.165) is 32.0 Å². The van der Waals surface area contributed by atoms with E-state index in [-0.39, 0.29) is 18.3 Å². The average Bonchev–Trinajstić information content (AvgIpc) is 2.99. The van der Waals surface area contributed by atoms with Crippen molar-refractivity contribution in [3.8, 4) is 0 Å². The fourth-order valence-electron chi connectivity index (χ4n) is 2.97. The minimum atomic E-state index is -1.33. The van der Waals surface area contributed by atoms with Crippen LogP contribution in [0.15, 0.2) is 24.3 Å². The Bertz CT molecular complexity index is 448. The summed E-state index contributed by atoms with van der Waals surface area (Å²) in [5, 5.41) is 10.6. The lowest BCUT2D eigenvalue weighted by Crippen LogP contribution is -2.52. The van der Waals surface area contributed by atoms with Gasteiger partial charge in [-0.25, -0.2) is 0 Å². The van der Waals surface area contributed by atoms with Gasteiger partial charge in [0.1, 0.15) is 12.4 Å². The highest BCUT2D eigenvalue weighted by atomic mass is 35.5. The standard InChI is InChI=1S/C15H21NO3.ClH/c1-19-15(16,14(18)11-6-2-3-7-11)13-9-5-4-8-12(13)10-17;/h4-5,8-11,14,18H,2-3,6-7,16H2,1H3;1H/t14-,15-;/m0./s1. The van der Waals surface area contributed by atoms with Crippen LogP contribution in [-0.4, -0.2) is 24.6 Å². The molecule has 112 valence electrons. The lowest BCUT2D eigenvalue weighted by atomic mass is 9.85. The second-order valence-corrected chi connectivity index (χ2v) is 5.19. The number of aliphatic hydroxyl groups is 1. The van der Waals surface area contributed by atoms with E-state index in [2.05, 4.69) is 0 Å². The highest BCUT2D eigenvalue weighted by Gasteiger charge is 2.42. The number of rotatable bonds is 5. The summed E-state index contributed by atoms with van der Waals surface area (Å²) in [6.07, 6.45) is 4.06. The van der Waals surface area contributed by atoms with E-state index in [1.54, 1.807) is 24.3 Å². The molecule has 5 heteroatoms. The van der Waals surface area contributed by atoms with E-state index in [9.17, 15) is 9.90 Å². The number of methoxy groups -OCH3 is 1. The van der Waals surface area contributed by atoms with Crippen LogP contribution in [0.5, 0.6) is 0 Å². The Kier molecular flexibility index (Phi) is 6.14. The van der Waals surface area contributed by atoms with Crippen molar-refractivity contribution in [2.75, 3.05) is 7.11 Å². The zero-order valence-corrected chi connectivity index (χ0v) is 12.4. The maximum Gasteiger partial charge on any atom is 0.169 e. The highest BCUT2D eigenvalue weighted by Crippen LogP contribution is 2.36. The van der Waals surface area contributed by atoms with Gasteiger partial charge in [0.25, 0.3) is 0 Å². The quantitative estimate of drug-likeness (QED) is 0.646. The third-order valence-electron chi connectivity index (χ3n) is 4.13. The van der Waals surface area contributed by atoms with E-state index >= 15 is 0 Å². The zero-order chi connectivity index (χ0) is 13.9. The second kappa shape index (κ2) is 7.18. The summed E-state index contributed by atoms with van der Waals surface area (Å²) in [6, 6.07) is 6.99. The Labute approximate surface area is 125 Å². The zero-order valence-electron chi connectivity index (χ0n) is 11.6. The Balaban J connectivity index is 0.00000200. The summed E-state index contributed by atoms with van der Waals surface area (Å²) in [4.78, 5) is 11.1. The SMILES string of the molecule is CO[C@@](N)(c1ccccc1C=O)[C@@H](O)C1CCCC1.Cl. The van der Waals surface area contributed by atoms with Gasteiger partial charge in [0.2, 0.25) is 0 Å². The number of aldehydes is 1. The molecule has 0 aliphatic heterocycles. The van der Waals surface area contributed by atoms with Crippen molar-refractivity contribution in [1.29, 1.82) is 0 Å². The van der Waals surface area contributed by atoms with Crippen LogP contribution in [0.4, 0.5) is 0 Å². The first kappa shape index (κ1) is 17.1. The van der Waals surface area contributed by atoms with Crippen molar-refractivity contribution in [2.24, 2.45) is 11.7 Å². The number of halogens is 1. The number of aliphatic hydroxyl groups excluding tert-OH is 1. The van der Waals surface area contributed by atoms with Crippen molar-refractivity contribution >= 4 is 18.7 Å². The van der Waals surface area contributed by atoms with Crippen molar-refractivity contribution in [3.05, 3.63) is 35.4 Å². The molecular weight excluding hydrogens is 278 g/mol. The molecule has 0 bridgehead atoms. The van der Waals surface area contributed by atoms with Crippen LogP contribution in [0, 0.1) is 5.92 Å². The van der Waals surface area contributed by atoms with Crippen LogP contribution < -0.4 is 5.73 Å². The Morgan fingerprint density at radius 2 is 2.00 bits per heavy atom. The van der Waals surface area contributed by atoms with Crippen molar-refractivity contribution in [2.45, 2.75) is 37.5 Å². The molecule has 2 atom stereocenters. The molecule has 3 N–H and O–H groups in total. The summed E-state index contributed by atoms with van der Waals surface area (Å²) in [5.41, 5.74) is 5.97. The summed E-state index contributed by atoms with van der Waals surface area (Å²) < 4.78 is 5.41. The average molecular weight is 300 g/mol. The molecule has 0 amide bonds. The number of nitrogens with two attached hydrogens (primary N) is 1. The fourth-order valence-corrected chi connectivity index (χ4v) is 2.97. The number of hydrogen-bond acceptors (Lipinski definition) is 4. The van der Waals surface area contributed by atoms with Gasteiger partial charge in [-0.1, -0.05) is 37.1 Å². The van der Waals surface area contributed by atoms with Crippen LogP contribution in [0.3, 0.4) is 0 Å². The molecule has 1 saturated carbocycles. The molecule has 1 fully saturated rings. The van der Waals surface area contributed by atoms with E-state index in [0.29, 0.717) is 11.1 Å². The molecule has 0 aromatic heterocycles. The van der Waals surface area contributed by atoms with Crippen LogP contribution in [0.25, 0.3) is 0 Å². The third-order valence-corrected chi connectivity index (χ3v) is 4.13. The summed E-state index contributed by atoms with van der Waals surface area (Å²) >= 11 is 0. The van der Waals surface area contributed by atoms with Gasteiger partial charge in [-0.15, -0.1) is 12.4 Å². The van der Waals surface area contributed by atoms with E-state index in [1.165, 1.54) is 7.11 Å². The minimum Gasteiger partial charge on any atom is -0.388 e. The maximum atomic E-state index is 11.1. The van der Waals surface area contributed by atoms with Crippen LogP contribution in [-0.2, 0) is 10.5 Å². The van der Waals surface area contributed by atoms with Gasteiger partial charge in [-0.3, -0.25) is 10.5 Å². The van der Waals surface area contributed by atoms with Crippen molar-refractivity contribution in [1.82, 2.24) is 0 Å². The molecule has 0 unspecified atom stereocenters. The van der Waals surface area contributed by atoms with Gasteiger partial charge in [0.15, 0.2) is 5.72 Å². The molecule has 1 aliphatic carbocycles. The first-order chi connectivity index (χ1) is 9.13. The number of ether oxygens (including phenoxy) is 1. The van der Waals surface area contributed by atoms with Gasteiger partial charge in [-0.05, 0) is 18.8 Å². The molecule has 0 saturated heterocycles. The van der Waals surface area contributed by atoms with Gasteiger partial charge >= 0.3 is 0 Å². The minimum absolute atomic E-state index is 0. The summed E-state index contributed by atoms with van der Waals surface area (Å²) in [5.74, 6) is 0.129. The fraction of sp³-hybridized carbons (Fsp3) is 0.533. The lowest BCUT2D eigenvalue weighted by Gasteiger charge is -2.37.